The van der Waals surface area contributed by atoms with Crippen molar-refractivity contribution in [3.63, 3.8) is 0 Å². The summed E-state index contributed by atoms with van der Waals surface area (Å²) in [6.07, 6.45) is 5.87. The molecule has 0 fully saturated rings. The Bertz CT molecular complexity index is 775. The molecule has 0 saturated carbocycles. The lowest BCUT2D eigenvalue weighted by Crippen LogP contribution is -2.13. The molecule has 23 heavy (non-hydrogen) atoms. The van der Waals surface area contributed by atoms with E-state index in [1.54, 1.807) is 30.3 Å². The molecule has 114 valence electrons. The maximum Gasteiger partial charge on any atom is 0.255 e. The number of carbonyl (C=O) groups excluding carboxylic acids is 2. The molecule has 4 heteroatoms. The van der Waals surface area contributed by atoms with Crippen LogP contribution in [0, 0.1) is 0 Å². The average Bonchev–Trinajstić information content (AvgIpc) is 2.59. The van der Waals surface area contributed by atoms with Crippen molar-refractivity contribution in [1.29, 1.82) is 0 Å². The van der Waals surface area contributed by atoms with Crippen LogP contribution in [0.1, 0.15) is 16.8 Å². The minimum Gasteiger partial charge on any atom is -0.353 e. The second kappa shape index (κ2) is 6.75. The second-order valence-corrected chi connectivity index (χ2v) is 5.16. The summed E-state index contributed by atoms with van der Waals surface area (Å²) in [5.41, 5.74) is 2.69. The zero-order chi connectivity index (χ0) is 16.1. The predicted molar refractivity (Wildman–Crippen MR) is 91.3 cm³/mol. The van der Waals surface area contributed by atoms with Gasteiger partial charge in [-0.1, -0.05) is 30.4 Å². The van der Waals surface area contributed by atoms with Crippen molar-refractivity contribution in [2.24, 2.45) is 0 Å². The van der Waals surface area contributed by atoms with Gasteiger partial charge >= 0.3 is 0 Å². The molecule has 0 radical (unpaired) electrons. The first kappa shape index (κ1) is 14.8. The highest BCUT2D eigenvalue weighted by molar-refractivity contribution is 6.04. The van der Waals surface area contributed by atoms with Crippen LogP contribution in [-0.2, 0) is 4.79 Å². The highest BCUT2D eigenvalue weighted by atomic mass is 16.1. The molecule has 0 spiro atoms. The fourth-order valence-electron chi connectivity index (χ4n) is 2.24. The van der Waals surface area contributed by atoms with Gasteiger partial charge in [0.25, 0.3) is 5.91 Å². The van der Waals surface area contributed by atoms with Crippen LogP contribution in [0.2, 0.25) is 0 Å². The molecular formula is C19H16N2O2. The number of hydrogen-bond donors (Lipinski definition) is 2. The van der Waals surface area contributed by atoms with Crippen LogP contribution in [-0.4, -0.2) is 11.7 Å². The van der Waals surface area contributed by atoms with Gasteiger partial charge in [0.15, 0.2) is 5.78 Å². The minimum atomic E-state index is -0.151. The number of ketones is 1. The number of allylic oxidation sites excluding steroid dienone is 4. The van der Waals surface area contributed by atoms with Crippen molar-refractivity contribution in [3.8, 4) is 0 Å². The fourth-order valence-corrected chi connectivity index (χ4v) is 2.24. The van der Waals surface area contributed by atoms with Crippen molar-refractivity contribution in [2.45, 2.75) is 6.42 Å². The third kappa shape index (κ3) is 3.74. The summed E-state index contributed by atoms with van der Waals surface area (Å²) < 4.78 is 0. The van der Waals surface area contributed by atoms with E-state index >= 15 is 0 Å². The number of anilines is 2. The zero-order valence-corrected chi connectivity index (χ0v) is 12.5. The van der Waals surface area contributed by atoms with Crippen LogP contribution in [0.3, 0.4) is 0 Å². The third-order valence-corrected chi connectivity index (χ3v) is 3.46. The first-order valence-corrected chi connectivity index (χ1v) is 7.36. The number of rotatable bonds is 4. The normalized spacial score (nSPS) is 13.4. The van der Waals surface area contributed by atoms with Crippen molar-refractivity contribution in [2.75, 3.05) is 10.6 Å². The van der Waals surface area contributed by atoms with E-state index in [1.807, 2.05) is 42.5 Å². The molecule has 0 aliphatic heterocycles. The van der Waals surface area contributed by atoms with E-state index in [0.29, 0.717) is 23.4 Å². The SMILES string of the molecule is O=C1CC=CC=C1Nc1ccc(NC(=O)c2ccccc2)cc1. The molecule has 2 N–H and O–H groups in total. The molecule has 0 saturated heterocycles. The summed E-state index contributed by atoms with van der Waals surface area (Å²) in [4.78, 5) is 23.8. The summed E-state index contributed by atoms with van der Waals surface area (Å²) in [7, 11) is 0. The van der Waals surface area contributed by atoms with Crippen LogP contribution < -0.4 is 10.6 Å². The van der Waals surface area contributed by atoms with E-state index in [0.717, 1.165) is 5.69 Å². The van der Waals surface area contributed by atoms with Crippen LogP contribution in [0.25, 0.3) is 0 Å². The topological polar surface area (TPSA) is 58.2 Å². The molecule has 0 heterocycles. The molecule has 1 aliphatic rings. The maximum absolute atomic E-state index is 12.1. The van der Waals surface area contributed by atoms with Crippen molar-refractivity contribution < 1.29 is 9.59 Å². The molecule has 2 aromatic carbocycles. The Balaban J connectivity index is 1.65. The first-order chi connectivity index (χ1) is 11.2. The van der Waals surface area contributed by atoms with Gasteiger partial charge in [-0.2, -0.15) is 0 Å². The monoisotopic (exact) mass is 304 g/mol. The summed E-state index contributed by atoms with van der Waals surface area (Å²) in [6.45, 7) is 0. The third-order valence-electron chi connectivity index (χ3n) is 3.46. The van der Waals surface area contributed by atoms with Crippen LogP contribution in [0.4, 0.5) is 11.4 Å². The van der Waals surface area contributed by atoms with Gasteiger partial charge < -0.3 is 10.6 Å². The maximum atomic E-state index is 12.1. The molecule has 0 atom stereocenters. The van der Waals surface area contributed by atoms with Gasteiger partial charge in [0.05, 0.1) is 5.70 Å². The van der Waals surface area contributed by atoms with Gasteiger partial charge in [-0.15, -0.1) is 0 Å². The number of amides is 1. The quantitative estimate of drug-likeness (QED) is 0.904. The lowest BCUT2D eigenvalue weighted by Gasteiger charge is -2.12. The van der Waals surface area contributed by atoms with Gasteiger partial charge in [0, 0.05) is 23.4 Å². The zero-order valence-electron chi connectivity index (χ0n) is 12.5. The number of hydrogen-bond acceptors (Lipinski definition) is 3. The van der Waals surface area contributed by atoms with E-state index in [2.05, 4.69) is 10.6 Å². The molecule has 4 nitrogen and oxygen atoms in total. The smallest absolute Gasteiger partial charge is 0.255 e. The van der Waals surface area contributed by atoms with Crippen molar-refractivity contribution in [3.05, 3.63) is 84.1 Å². The summed E-state index contributed by atoms with van der Waals surface area (Å²) >= 11 is 0. The van der Waals surface area contributed by atoms with E-state index in [4.69, 9.17) is 0 Å². The summed E-state index contributed by atoms with van der Waals surface area (Å²) in [5, 5.41) is 5.93. The lowest BCUT2D eigenvalue weighted by atomic mass is 10.1. The van der Waals surface area contributed by atoms with Gasteiger partial charge in [-0.05, 0) is 42.5 Å². The first-order valence-electron chi connectivity index (χ1n) is 7.36. The summed E-state index contributed by atoms with van der Waals surface area (Å²) in [6, 6.07) is 16.3. The largest absolute Gasteiger partial charge is 0.353 e. The van der Waals surface area contributed by atoms with E-state index in [1.165, 1.54) is 0 Å². The number of carbonyl (C=O) groups is 2. The Morgan fingerprint density at radius 3 is 2.30 bits per heavy atom. The van der Waals surface area contributed by atoms with Gasteiger partial charge in [0.2, 0.25) is 0 Å². The van der Waals surface area contributed by atoms with Crippen molar-refractivity contribution in [1.82, 2.24) is 0 Å². The van der Waals surface area contributed by atoms with E-state index < -0.39 is 0 Å². The van der Waals surface area contributed by atoms with Gasteiger partial charge in [-0.25, -0.2) is 0 Å². The number of benzene rings is 2. The molecule has 0 unspecified atom stereocenters. The molecule has 2 aromatic rings. The average molecular weight is 304 g/mol. The van der Waals surface area contributed by atoms with E-state index in [9.17, 15) is 9.59 Å². The van der Waals surface area contributed by atoms with Gasteiger partial charge in [0.1, 0.15) is 0 Å². The highest BCUT2D eigenvalue weighted by Crippen LogP contribution is 2.18. The molecule has 0 bridgehead atoms. The Morgan fingerprint density at radius 1 is 0.913 bits per heavy atom. The summed E-state index contributed by atoms with van der Waals surface area (Å²) in [5.74, 6) is -0.0874. The molecule has 0 aromatic heterocycles. The molecule has 1 amide bonds. The Kier molecular flexibility index (Phi) is 4.34. The van der Waals surface area contributed by atoms with Crippen LogP contribution in [0.15, 0.2) is 78.5 Å². The molecular weight excluding hydrogens is 288 g/mol. The highest BCUT2D eigenvalue weighted by Gasteiger charge is 2.10. The number of Topliss-reactive ketones (excluding diaryl/α,β-unsaturated/α-hetero) is 1. The Labute approximate surface area is 134 Å². The number of nitrogens with one attached hydrogen (secondary N) is 2. The predicted octanol–water partition coefficient (Wildman–Crippen LogP) is 3.76. The standard InChI is InChI=1S/C19H16N2O2/c22-18-9-5-4-8-17(18)20-15-10-12-16(13-11-15)21-19(23)14-6-2-1-3-7-14/h1-8,10-13,20H,9H2,(H,21,23). The van der Waals surface area contributed by atoms with E-state index in [-0.39, 0.29) is 11.7 Å². The Hall–Kier alpha value is -3.14. The Morgan fingerprint density at radius 2 is 1.61 bits per heavy atom. The lowest BCUT2D eigenvalue weighted by molar-refractivity contribution is -0.114. The second-order valence-electron chi connectivity index (χ2n) is 5.16. The molecule has 3 rings (SSSR count). The minimum absolute atomic E-state index is 0.0638. The van der Waals surface area contributed by atoms with Crippen LogP contribution >= 0.6 is 0 Å². The van der Waals surface area contributed by atoms with Gasteiger partial charge in [-0.3, -0.25) is 9.59 Å². The molecule has 1 aliphatic carbocycles. The van der Waals surface area contributed by atoms with Crippen molar-refractivity contribution >= 4 is 23.1 Å². The fraction of sp³-hybridized carbons (Fsp3) is 0.0526. The van der Waals surface area contributed by atoms with Crippen LogP contribution in [0.5, 0.6) is 0 Å².